The van der Waals surface area contributed by atoms with E-state index in [0.29, 0.717) is 53.0 Å². The SMILES string of the molecule is C=CC(=O)N(C)Cc1cc(-c2ccc(OC(F)(F)F)cc2)c2c(c1C(O)CO)CCCO2. The largest absolute Gasteiger partial charge is 0.573 e. The van der Waals surface area contributed by atoms with Crippen LogP contribution in [0.4, 0.5) is 13.2 Å². The lowest BCUT2D eigenvalue weighted by Gasteiger charge is -2.29. The number of carbonyl (C=O) groups is 1. The van der Waals surface area contributed by atoms with Crippen molar-refractivity contribution in [3.05, 3.63) is 59.7 Å². The molecule has 172 valence electrons. The van der Waals surface area contributed by atoms with Crippen molar-refractivity contribution in [3.63, 3.8) is 0 Å². The third-order valence-electron chi connectivity index (χ3n) is 5.19. The van der Waals surface area contributed by atoms with Gasteiger partial charge in [0.05, 0.1) is 13.2 Å². The Morgan fingerprint density at radius 1 is 1.34 bits per heavy atom. The summed E-state index contributed by atoms with van der Waals surface area (Å²) in [4.78, 5) is 13.4. The molecule has 1 unspecified atom stereocenters. The Labute approximate surface area is 183 Å². The maximum Gasteiger partial charge on any atom is 0.573 e. The fraction of sp³-hybridized carbons (Fsp3) is 0.348. The molecule has 1 aliphatic heterocycles. The van der Waals surface area contributed by atoms with E-state index in [1.54, 1.807) is 13.1 Å². The molecule has 0 radical (unpaired) electrons. The normalized spacial score (nSPS) is 14.2. The summed E-state index contributed by atoms with van der Waals surface area (Å²) in [5.74, 6) is -0.164. The zero-order chi connectivity index (χ0) is 23.5. The minimum atomic E-state index is -4.79. The molecule has 0 spiro atoms. The second kappa shape index (κ2) is 9.62. The summed E-state index contributed by atoms with van der Waals surface area (Å²) < 4.78 is 47.3. The van der Waals surface area contributed by atoms with E-state index in [9.17, 15) is 28.2 Å². The summed E-state index contributed by atoms with van der Waals surface area (Å²) in [6.45, 7) is 3.54. The molecule has 1 heterocycles. The van der Waals surface area contributed by atoms with E-state index >= 15 is 0 Å². The van der Waals surface area contributed by atoms with E-state index in [-0.39, 0.29) is 18.2 Å². The van der Waals surface area contributed by atoms with Crippen molar-refractivity contribution in [1.29, 1.82) is 0 Å². The monoisotopic (exact) mass is 451 g/mol. The Kier molecular flexibility index (Phi) is 7.10. The number of hydrogen-bond donors (Lipinski definition) is 2. The lowest BCUT2D eigenvalue weighted by atomic mass is 9.87. The molecule has 1 amide bonds. The van der Waals surface area contributed by atoms with Crippen molar-refractivity contribution in [1.82, 2.24) is 4.90 Å². The van der Waals surface area contributed by atoms with Gasteiger partial charge in [-0.3, -0.25) is 4.79 Å². The predicted octanol–water partition coefficient (Wildman–Crippen LogP) is 3.75. The fourth-order valence-electron chi connectivity index (χ4n) is 3.81. The highest BCUT2D eigenvalue weighted by molar-refractivity contribution is 5.86. The second-order valence-electron chi connectivity index (χ2n) is 7.43. The number of aliphatic hydroxyl groups is 2. The first-order chi connectivity index (χ1) is 15.1. The quantitative estimate of drug-likeness (QED) is 0.627. The van der Waals surface area contributed by atoms with Gasteiger partial charge in [-0.15, -0.1) is 13.2 Å². The number of amides is 1. The molecule has 32 heavy (non-hydrogen) atoms. The zero-order valence-corrected chi connectivity index (χ0v) is 17.5. The molecule has 0 saturated heterocycles. The number of hydrogen-bond acceptors (Lipinski definition) is 5. The molecule has 0 fully saturated rings. The summed E-state index contributed by atoms with van der Waals surface area (Å²) in [5.41, 5.74) is 2.99. The molecule has 2 aromatic rings. The van der Waals surface area contributed by atoms with Crippen LogP contribution in [0.25, 0.3) is 11.1 Å². The number of carbonyl (C=O) groups excluding carboxylic acids is 1. The average Bonchev–Trinajstić information content (AvgIpc) is 2.77. The van der Waals surface area contributed by atoms with Gasteiger partial charge < -0.3 is 24.6 Å². The summed E-state index contributed by atoms with van der Waals surface area (Å²) in [7, 11) is 1.58. The van der Waals surface area contributed by atoms with Crippen molar-refractivity contribution in [3.8, 4) is 22.6 Å². The first kappa shape index (κ1) is 23.6. The lowest BCUT2D eigenvalue weighted by molar-refractivity contribution is -0.274. The Bertz CT molecular complexity index is 989. The zero-order valence-electron chi connectivity index (χ0n) is 17.5. The van der Waals surface area contributed by atoms with Crippen LogP contribution >= 0.6 is 0 Å². The number of alkyl halides is 3. The molecular weight excluding hydrogens is 427 g/mol. The number of rotatable bonds is 7. The standard InChI is InChI=1S/C23H24F3NO5/c1-3-20(30)27(2)12-15-11-18(14-6-8-16(9-7-14)32-23(24,25)26)22-17(5-4-10-31-22)21(15)19(29)13-28/h3,6-9,11,19,28-29H,1,4-5,10,12-13H2,2H3. The van der Waals surface area contributed by atoms with Crippen LogP contribution in [0.3, 0.4) is 0 Å². The van der Waals surface area contributed by atoms with Crippen molar-refractivity contribution < 1.29 is 37.7 Å². The summed E-state index contributed by atoms with van der Waals surface area (Å²) in [6.07, 6.45) is -3.52. The highest BCUT2D eigenvalue weighted by atomic mass is 19.4. The van der Waals surface area contributed by atoms with Gasteiger partial charge in [-0.25, -0.2) is 0 Å². The topological polar surface area (TPSA) is 79.2 Å². The third-order valence-corrected chi connectivity index (χ3v) is 5.19. The Morgan fingerprint density at radius 3 is 2.62 bits per heavy atom. The molecular formula is C23H24F3NO5. The highest BCUT2D eigenvalue weighted by Gasteiger charge is 2.31. The maximum absolute atomic E-state index is 12.5. The van der Waals surface area contributed by atoms with Crippen LogP contribution in [0, 0.1) is 0 Å². The molecule has 2 aromatic carbocycles. The van der Waals surface area contributed by atoms with E-state index in [0.717, 1.165) is 0 Å². The van der Waals surface area contributed by atoms with Gasteiger partial charge in [-0.05, 0) is 53.8 Å². The van der Waals surface area contributed by atoms with Gasteiger partial charge in [0, 0.05) is 24.7 Å². The lowest BCUT2D eigenvalue weighted by Crippen LogP contribution is -2.26. The maximum atomic E-state index is 12.5. The van der Waals surface area contributed by atoms with Crippen LogP contribution < -0.4 is 9.47 Å². The molecule has 0 aromatic heterocycles. The van der Waals surface area contributed by atoms with Crippen LogP contribution in [-0.2, 0) is 17.8 Å². The first-order valence-corrected chi connectivity index (χ1v) is 9.98. The minimum absolute atomic E-state index is 0.132. The molecule has 0 saturated carbocycles. The van der Waals surface area contributed by atoms with Gasteiger partial charge in [0.2, 0.25) is 5.91 Å². The van der Waals surface area contributed by atoms with Crippen molar-refractivity contribution in [2.45, 2.75) is 31.9 Å². The molecule has 6 nitrogen and oxygen atoms in total. The smallest absolute Gasteiger partial charge is 0.493 e. The molecule has 0 bridgehead atoms. The van der Waals surface area contributed by atoms with Gasteiger partial charge in [0.15, 0.2) is 0 Å². The van der Waals surface area contributed by atoms with E-state index in [1.165, 1.54) is 35.2 Å². The highest BCUT2D eigenvalue weighted by Crippen LogP contribution is 2.43. The van der Waals surface area contributed by atoms with Gasteiger partial charge in [0.1, 0.15) is 17.6 Å². The number of fused-ring (bicyclic) bond motifs is 1. The number of benzene rings is 2. The Morgan fingerprint density at radius 2 is 2.03 bits per heavy atom. The number of nitrogens with zero attached hydrogens (tertiary/aromatic N) is 1. The van der Waals surface area contributed by atoms with Gasteiger partial charge in [0.25, 0.3) is 0 Å². The molecule has 9 heteroatoms. The van der Waals surface area contributed by atoms with Crippen LogP contribution in [-0.4, -0.2) is 47.6 Å². The van der Waals surface area contributed by atoms with Crippen LogP contribution in [0.5, 0.6) is 11.5 Å². The third kappa shape index (κ3) is 5.23. The minimum Gasteiger partial charge on any atom is -0.493 e. The summed E-state index contributed by atoms with van der Waals surface area (Å²) in [6, 6.07) is 7.12. The first-order valence-electron chi connectivity index (χ1n) is 9.98. The Balaban J connectivity index is 2.12. The van der Waals surface area contributed by atoms with E-state index in [4.69, 9.17) is 4.74 Å². The second-order valence-corrected chi connectivity index (χ2v) is 7.43. The van der Waals surface area contributed by atoms with Crippen molar-refractivity contribution in [2.24, 2.45) is 0 Å². The fourth-order valence-corrected chi connectivity index (χ4v) is 3.81. The number of halogens is 3. The predicted molar refractivity (Wildman–Crippen MR) is 111 cm³/mol. The summed E-state index contributed by atoms with van der Waals surface area (Å²) in [5, 5.41) is 20.1. The number of ether oxygens (including phenoxy) is 2. The van der Waals surface area contributed by atoms with Gasteiger partial charge >= 0.3 is 6.36 Å². The number of aliphatic hydroxyl groups excluding tert-OH is 2. The average molecular weight is 451 g/mol. The molecule has 1 atom stereocenters. The molecule has 0 aliphatic carbocycles. The molecule has 2 N–H and O–H groups in total. The van der Waals surface area contributed by atoms with Crippen LogP contribution in [0.2, 0.25) is 0 Å². The van der Waals surface area contributed by atoms with Gasteiger partial charge in [-0.1, -0.05) is 18.7 Å². The van der Waals surface area contributed by atoms with Crippen LogP contribution in [0.1, 0.15) is 29.2 Å². The Hall–Kier alpha value is -3.04. The summed E-state index contributed by atoms with van der Waals surface area (Å²) >= 11 is 0. The molecule has 1 aliphatic rings. The van der Waals surface area contributed by atoms with Crippen molar-refractivity contribution in [2.75, 3.05) is 20.3 Å². The van der Waals surface area contributed by atoms with E-state index in [1.807, 2.05) is 0 Å². The van der Waals surface area contributed by atoms with Crippen LogP contribution in [0.15, 0.2) is 43.0 Å². The number of likely N-dealkylation sites (N-methyl/N-ethyl adjacent to an activating group) is 1. The van der Waals surface area contributed by atoms with E-state index in [2.05, 4.69) is 11.3 Å². The van der Waals surface area contributed by atoms with Crippen molar-refractivity contribution >= 4 is 5.91 Å². The van der Waals surface area contributed by atoms with E-state index < -0.39 is 19.1 Å². The molecule has 3 rings (SSSR count). The van der Waals surface area contributed by atoms with Gasteiger partial charge in [-0.2, -0.15) is 0 Å².